The first-order chi connectivity index (χ1) is 9.43. The van der Waals surface area contributed by atoms with Gasteiger partial charge in [0.2, 0.25) is 0 Å². The first-order valence-corrected chi connectivity index (χ1v) is 8.50. The second-order valence-corrected chi connectivity index (χ2v) is 7.67. The molecule has 1 unspecified atom stereocenters. The van der Waals surface area contributed by atoms with Crippen LogP contribution in [0, 0.1) is 11.3 Å². The largest absolute Gasteiger partial charge is 0.376 e. The fourth-order valence-corrected chi connectivity index (χ4v) is 4.12. The lowest BCUT2D eigenvalue weighted by Gasteiger charge is -2.52. The molecule has 3 heteroatoms. The van der Waals surface area contributed by atoms with Crippen LogP contribution in [0.4, 0.5) is 0 Å². The molecule has 1 saturated heterocycles. The van der Waals surface area contributed by atoms with Crippen molar-refractivity contribution in [1.82, 2.24) is 4.90 Å². The van der Waals surface area contributed by atoms with Crippen LogP contribution in [0.1, 0.15) is 59.8 Å². The summed E-state index contributed by atoms with van der Waals surface area (Å²) in [6, 6.07) is 0. The summed E-state index contributed by atoms with van der Waals surface area (Å²) < 4.78 is 5.70. The van der Waals surface area contributed by atoms with Crippen LogP contribution in [0.3, 0.4) is 0 Å². The lowest BCUT2D eigenvalue weighted by Crippen LogP contribution is -2.60. The van der Waals surface area contributed by atoms with E-state index in [2.05, 4.69) is 32.6 Å². The maximum absolute atomic E-state index is 6.22. The van der Waals surface area contributed by atoms with Crippen molar-refractivity contribution in [3.05, 3.63) is 0 Å². The van der Waals surface area contributed by atoms with Gasteiger partial charge in [-0.25, -0.2) is 0 Å². The van der Waals surface area contributed by atoms with E-state index in [1.807, 2.05) is 0 Å². The van der Waals surface area contributed by atoms with Crippen molar-refractivity contribution in [3.63, 3.8) is 0 Å². The Bertz CT molecular complexity index is 308. The summed E-state index contributed by atoms with van der Waals surface area (Å²) in [4.78, 5) is 2.64. The van der Waals surface area contributed by atoms with E-state index in [0.717, 1.165) is 32.2 Å². The molecule has 0 amide bonds. The molecule has 0 bridgehead atoms. The Morgan fingerprint density at radius 1 is 1.30 bits per heavy atom. The molecule has 1 aliphatic carbocycles. The topological polar surface area (TPSA) is 38.5 Å². The monoisotopic (exact) mass is 282 g/mol. The molecule has 0 radical (unpaired) electrons. The van der Waals surface area contributed by atoms with Crippen molar-refractivity contribution in [1.29, 1.82) is 0 Å². The van der Waals surface area contributed by atoms with E-state index in [9.17, 15) is 0 Å². The molecular formula is C17H34N2O. The second-order valence-electron chi connectivity index (χ2n) is 7.67. The zero-order valence-electron chi connectivity index (χ0n) is 14.0. The maximum Gasteiger partial charge on any atom is 0.0674 e. The van der Waals surface area contributed by atoms with E-state index in [-0.39, 0.29) is 5.54 Å². The van der Waals surface area contributed by atoms with Crippen LogP contribution in [0.2, 0.25) is 0 Å². The smallest absolute Gasteiger partial charge is 0.0674 e. The summed E-state index contributed by atoms with van der Waals surface area (Å²) in [6.45, 7) is 13.2. The van der Waals surface area contributed by atoms with E-state index in [1.54, 1.807) is 0 Å². The van der Waals surface area contributed by atoms with E-state index < -0.39 is 0 Å². The minimum atomic E-state index is 0.248. The lowest BCUT2D eigenvalue weighted by atomic mass is 9.65. The third-order valence-corrected chi connectivity index (χ3v) is 6.22. The van der Waals surface area contributed by atoms with E-state index in [0.29, 0.717) is 11.5 Å². The van der Waals surface area contributed by atoms with Gasteiger partial charge in [0.15, 0.2) is 0 Å². The highest BCUT2D eigenvalue weighted by Gasteiger charge is 2.43. The number of morpholine rings is 1. The first kappa shape index (κ1) is 16.3. The highest BCUT2D eigenvalue weighted by molar-refractivity contribution is 4.99. The van der Waals surface area contributed by atoms with Gasteiger partial charge in [0, 0.05) is 25.2 Å². The van der Waals surface area contributed by atoms with Crippen molar-refractivity contribution in [2.75, 3.05) is 26.2 Å². The Balaban J connectivity index is 2.01. The standard InChI is InChI=1S/C17H34N2O/c1-5-16(3,4)15-6-8-17(13-18,9-7-15)19-10-11-20-14(2)12-19/h14-15H,5-13,18H2,1-4H3. The van der Waals surface area contributed by atoms with Crippen LogP contribution in [-0.2, 0) is 4.74 Å². The predicted molar refractivity (Wildman–Crippen MR) is 84.8 cm³/mol. The number of ether oxygens (including phenoxy) is 1. The Hall–Kier alpha value is -0.120. The summed E-state index contributed by atoms with van der Waals surface area (Å²) >= 11 is 0. The fourth-order valence-electron chi connectivity index (χ4n) is 4.12. The molecule has 2 N–H and O–H groups in total. The average Bonchev–Trinajstić information content (AvgIpc) is 2.47. The molecule has 3 nitrogen and oxygen atoms in total. The summed E-state index contributed by atoms with van der Waals surface area (Å²) in [5, 5.41) is 0. The summed E-state index contributed by atoms with van der Waals surface area (Å²) in [5.41, 5.74) is 6.95. The molecule has 1 atom stereocenters. The molecule has 1 aliphatic heterocycles. The van der Waals surface area contributed by atoms with E-state index in [1.165, 1.54) is 32.1 Å². The normalized spacial score (nSPS) is 37.0. The highest BCUT2D eigenvalue weighted by Crippen LogP contribution is 2.45. The summed E-state index contributed by atoms with van der Waals surface area (Å²) in [5.74, 6) is 0.866. The summed E-state index contributed by atoms with van der Waals surface area (Å²) in [6.07, 6.45) is 6.85. The first-order valence-electron chi connectivity index (χ1n) is 8.50. The van der Waals surface area contributed by atoms with Gasteiger partial charge in [-0.05, 0) is 43.9 Å². The van der Waals surface area contributed by atoms with Crippen molar-refractivity contribution in [2.45, 2.75) is 71.4 Å². The van der Waals surface area contributed by atoms with Crippen molar-refractivity contribution in [3.8, 4) is 0 Å². The molecule has 0 aromatic rings. The number of nitrogens with zero attached hydrogens (tertiary/aromatic N) is 1. The maximum atomic E-state index is 6.22. The molecule has 2 rings (SSSR count). The van der Waals surface area contributed by atoms with Crippen LogP contribution in [0.5, 0.6) is 0 Å². The van der Waals surface area contributed by atoms with Gasteiger partial charge in [-0.3, -0.25) is 4.90 Å². The average molecular weight is 282 g/mol. The van der Waals surface area contributed by atoms with E-state index in [4.69, 9.17) is 10.5 Å². The van der Waals surface area contributed by atoms with Crippen LogP contribution in [0.25, 0.3) is 0 Å². The SMILES string of the molecule is CCC(C)(C)C1CCC(CN)(N2CCOC(C)C2)CC1. The Kier molecular flexibility index (Phi) is 5.14. The highest BCUT2D eigenvalue weighted by atomic mass is 16.5. The fraction of sp³-hybridized carbons (Fsp3) is 1.00. The van der Waals surface area contributed by atoms with Crippen LogP contribution < -0.4 is 5.73 Å². The second kappa shape index (κ2) is 6.33. The molecule has 0 aromatic carbocycles. The van der Waals surface area contributed by atoms with Crippen molar-refractivity contribution >= 4 is 0 Å². The lowest BCUT2D eigenvalue weighted by molar-refractivity contribution is -0.0784. The summed E-state index contributed by atoms with van der Waals surface area (Å²) in [7, 11) is 0. The molecule has 0 aromatic heterocycles. The quantitative estimate of drug-likeness (QED) is 0.861. The molecule has 1 saturated carbocycles. The van der Waals surface area contributed by atoms with Crippen molar-refractivity contribution in [2.24, 2.45) is 17.1 Å². The Morgan fingerprint density at radius 3 is 2.45 bits per heavy atom. The van der Waals surface area contributed by atoms with Gasteiger partial charge in [0.25, 0.3) is 0 Å². The molecule has 2 fully saturated rings. The third-order valence-electron chi connectivity index (χ3n) is 6.22. The van der Waals surface area contributed by atoms with Crippen molar-refractivity contribution < 1.29 is 4.74 Å². The van der Waals surface area contributed by atoms with Gasteiger partial charge in [0.1, 0.15) is 0 Å². The predicted octanol–water partition coefficient (Wildman–Crippen LogP) is 3.03. The van der Waals surface area contributed by atoms with Crippen LogP contribution in [0.15, 0.2) is 0 Å². The number of rotatable bonds is 4. The zero-order valence-corrected chi connectivity index (χ0v) is 14.0. The molecular weight excluding hydrogens is 248 g/mol. The molecule has 2 aliphatic rings. The van der Waals surface area contributed by atoms with E-state index >= 15 is 0 Å². The van der Waals surface area contributed by atoms with Gasteiger partial charge in [0.05, 0.1) is 12.7 Å². The van der Waals surface area contributed by atoms with Gasteiger partial charge < -0.3 is 10.5 Å². The zero-order chi connectivity index (χ0) is 14.8. The van der Waals surface area contributed by atoms with Crippen LogP contribution >= 0.6 is 0 Å². The Labute approximate surface area is 125 Å². The van der Waals surface area contributed by atoms with Crippen LogP contribution in [-0.4, -0.2) is 42.8 Å². The van der Waals surface area contributed by atoms with Gasteiger partial charge >= 0.3 is 0 Å². The number of nitrogens with two attached hydrogens (primary N) is 1. The molecule has 20 heavy (non-hydrogen) atoms. The van der Waals surface area contributed by atoms with Gasteiger partial charge in [-0.2, -0.15) is 0 Å². The molecule has 0 spiro atoms. The molecule has 118 valence electrons. The number of hydrogen-bond donors (Lipinski definition) is 1. The minimum Gasteiger partial charge on any atom is -0.376 e. The van der Waals surface area contributed by atoms with Gasteiger partial charge in [-0.1, -0.05) is 27.2 Å². The molecule has 1 heterocycles. The Morgan fingerprint density at radius 2 is 1.95 bits per heavy atom. The van der Waals surface area contributed by atoms with Gasteiger partial charge in [-0.15, -0.1) is 0 Å². The minimum absolute atomic E-state index is 0.248. The number of hydrogen-bond acceptors (Lipinski definition) is 3. The third kappa shape index (κ3) is 3.20.